The van der Waals surface area contributed by atoms with Crippen molar-refractivity contribution >= 4 is 5.82 Å². The van der Waals surface area contributed by atoms with Crippen molar-refractivity contribution in [3.63, 3.8) is 0 Å². The first-order valence-electron chi connectivity index (χ1n) is 6.30. The molecule has 0 aliphatic heterocycles. The van der Waals surface area contributed by atoms with Crippen LogP contribution >= 0.6 is 0 Å². The third-order valence-electron chi connectivity index (χ3n) is 2.86. The van der Waals surface area contributed by atoms with Crippen molar-refractivity contribution in [3.8, 4) is 11.3 Å². The summed E-state index contributed by atoms with van der Waals surface area (Å²) < 4.78 is 38.7. The Morgan fingerprint density at radius 3 is 2.30 bits per heavy atom. The number of rotatable bonds is 3. The molecular formula is C15H15F3N2. The SMILES string of the molecule is CCNc1cc(C(F)(F)F)cc(-c2ccc(C)cc2)n1. The van der Waals surface area contributed by atoms with Crippen molar-refractivity contribution in [2.75, 3.05) is 11.9 Å². The molecule has 20 heavy (non-hydrogen) atoms. The fourth-order valence-electron chi connectivity index (χ4n) is 1.84. The van der Waals surface area contributed by atoms with Gasteiger partial charge in [0.05, 0.1) is 11.3 Å². The van der Waals surface area contributed by atoms with Gasteiger partial charge in [-0.1, -0.05) is 29.8 Å². The summed E-state index contributed by atoms with van der Waals surface area (Å²) in [7, 11) is 0. The Hall–Kier alpha value is -2.04. The third kappa shape index (κ3) is 3.29. The molecule has 1 N–H and O–H groups in total. The first-order valence-corrected chi connectivity index (χ1v) is 6.30. The van der Waals surface area contributed by atoms with Crippen molar-refractivity contribution in [1.82, 2.24) is 4.98 Å². The van der Waals surface area contributed by atoms with Crippen LogP contribution in [0.4, 0.5) is 19.0 Å². The number of aryl methyl sites for hydroxylation is 1. The summed E-state index contributed by atoms with van der Waals surface area (Å²) in [5.41, 5.74) is 1.34. The number of nitrogens with one attached hydrogen (secondary N) is 1. The molecule has 1 heterocycles. The molecule has 0 amide bonds. The third-order valence-corrected chi connectivity index (χ3v) is 2.86. The van der Waals surface area contributed by atoms with Crippen LogP contribution in [0.2, 0.25) is 0 Å². The van der Waals surface area contributed by atoms with Gasteiger partial charge in [0.15, 0.2) is 0 Å². The van der Waals surface area contributed by atoms with Crippen molar-refractivity contribution in [2.24, 2.45) is 0 Å². The molecule has 0 unspecified atom stereocenters. The van der Waals surface area contributed by atoms with E-state index in [0.717, 1.165) is 17.7 Å². The molecule has 106 valence electrons. The quantitative estimate of drug-likeness (QED) is 0.895. The smallest absolute Gasteiger partial charge is 0.370 e. The largest absolute Gasteiger partial charge is 0.416 e. The van der Waals surface area contributed by atoms with E-state index < -0.39 is 11.7 Å². The number of benzene rings is 1. The van der Waals surface area contributed by atoms with Crippen LogP contribution in [0.1, 0.15) is 18.1 Å². The highest BCUT2D eigenvalue weighted by atomic mass is 19.4. The van der Waals surface area contributed by atoms with Gasteiger partial charge >= 0.3 is 6.18 Å². The van der Waals surface area contributed by atoms with Gasteiger partial charge in [0.25, 0.3) is 0 Å². The number of pyridine rings is 1. The van der Waals surface area contributed by atoms with Gasteiger partial charge in [-0.15, -0.1) is 0 Å². The van der Waals surface area contributed by atoms with Gasteiger partial charge in [-0.2, -0.15) is 13.2 Å². The van der Waals surface area contributed by atoms with E-state index in [2.05, 4.69) is 10.3 Å². The molecule has 2 aromatic rings. The number of hydrogen-bond acceptors (Lipinski definition) is 2. The number of halogens is 3. The minimum Gasteiger partial charge on any atom is -0.370 e. The topological polar surface area (TPSA) is 24.9 Å². The van der Waals surface area contributed by atoms with E-state index in [4.69, 9.17) is 0 Å². The van der Waals surface area contributed by atoms with E-state index in [9.17, 15) is 13.2 Å². The molecule has 5 heteroatoms. The predicted octanol–water partition coefficient (Wildman–Crippen LogP) is 4.51. The number of nitrogens with zero attached hydrogens (tertiary/aromatic N) is 1. The minimum absolute atomic E-state index is 0.234. The number of anilines is 1. The molecule has 1 aromatic carbocycles. The fraction of sp³-hybridized carbons (Fsp3) is 0.267. The molecular weight excluding hydrogens is 265 g/mol. The molecule has 0 spiro atoms. The molecule has 0 saturated carbocycles. The van der Waals surface area contributed by atoms with Gasteiger partial charge < -0.3 is 5.32 Å². The van der Waals surface area contributed by atoms with Crippen LogP contribution < -0.4 is 5.32 Å². The molecule has 0 bridgehead atoms. The molecule has 1 aromatic heterocycles. The average Bonchev–Trinajstić information content (AvgIpc) is 2.38. The molecule has 2 rings (SSSR count). The van der Waals surface area contributed by atoms with Crippen LogP contribution in [0, 0.1) is 6.92 Å². The van der Waals surface area contributed by atoms with Gasteiger partial charge in [0.2, 0.25) is 0 Å². The Morgan fingerprint density at radius 2 is 1.75 bits per heavy atom. The number of hydrogen-bond donors (Lipinski definition) is 1. The molecule has 0 saturated heterocycles. The summed E-state index contributed by atoms with van der Waals surface area (Å²) >= 11 is 0. The second-order valence-corrected chi connectivity index (χ2v) is 4.52. The second kappa shape index (κ2) is 5.53. The average molecular weight is 280 g/mol. The van der Waals surface area contributed by atoms with Gasteiger partial charge in [-0.05, 0) is 26.0 Å². The number of aromatic nitrogens is 1. The lowest BCUT2D eigenvalue weighted by atomic mass is 10.1. The lowest BCUT2D eigenvalue weighted by molar-refractivity contribution is -0.137. The molecule has 0 aliphatic carbocycles. The number of alkyl halides is 3. The van der Waals surface area contributed by atoms with Gasteiger partial charge in [-0.3, -0.25) is 0 Å². The van der Waals surface area contributed by atoms with E-state index in [-0.39, 0.29) is 5.82 Å². The van der Waals surface area contributed by atoms with E-state index >= 15 is 0 Å². The van der Waals surface area contributed by atoms with Crippen LogP contribution in [0.5, 0.6) is 0 Å². The van der Waals surface area contributed by atoms with Crippen molar-refractivity contribution in [1.29, 1.82) is 0 Å². The van der Waals surface area contributed by atoms with Crippen LogP contribution in [-0.2, 0) is 6.18 Å². The maximum atomic E-state index is 12.9. The van der Waals surface area contributed by atoms with Gasteiger partial charge in [-0.25, -0.2) is 4.98 Å². The molecule has 0 aliphatic rings. The first kappa shape index (κ1) is 14.4. The maximum Gasteiger partial charge on any atom is 0.416 e. The van der Waals surface area contributed by atoms with E-state index in [1.807, 2.05) is 26.0 Å². The fourth-order valence-corrected chi connectivity index (χ4v) is 1.84. The first-order chi connectivity index (χ1) is 9.40. The van der Waals surface area contributed by atoms with E-state index in [1.54, 1.807) is 12.1 Å². The summed E-state index contributed by atoms with van der Waals surface area (Å²) in [6, 6.07) is 9.35. The Balaban J connectivity index is 2.51. The Bertz CT molecular complexity index is 589. The van der Waals surface area contributed by atoms with Gasteiger partial charge in [0.1, 0.15) is 5.82 Å². The highest BCUT2D eigenvalue weighted by Gasteiger charge is 2.31. The van der Waals surface area contributed by atoms with E-state index in [0.29, 0.717) is 17.8 Å². The molecule has 0 fully saturated rings. The van der Waals surface area contributed by atoms with Crippen LogP contribution in [0.25, 0.3) is 11.3 Å². The Labute approximate surface area is 115 Å². The summed E-state index contributed by atoms with van der Waals surface area (Å²) in [5, 5.41) is 2.83. The normalized spacial score (nSPS) is 11.4. The van der Waals surface area contributed by atoms with Crippen LogP contribution in [0.15, 0.2) is 36.4 Å². The lowest BCUT2D eigenvalue weighted by Gasteiger charge is -2.12. The highest BCUT2D eigenvalue weighted by Crippen LogP contribution is 2.33. The molecule has 0 atom stereocenters. The maximum absolute atomic E-state index is 12.9. The summed E-state index contributed by atoms with van der Waals surface area (Å²) in [4.78, 5) is 4.23. The van der Waals surface area contributed by atoms with E-state index in [1.165, 1.54) is 0 Å². The Morgan fingerprint density at radius 1 is 1.10 bits per heavy atom. The zero-order chi connectivity index (χ0) is 14.8. The summed E-state index contributed by atoms with van der Waals surface area (Å²) in [5.74, 6) is 0.234. The monoisotopic (exact) mass is 280 g/mol. The van der Waals surface area contributed by atoms with Crippen molar-refractivity contribution in [2.45, 2.75) is 20.0 Å². The minimum atomic E-state index is -4.38. The summed E-state index contributed by atoms with van der Waals surface area (Å²) in [6.07, 6.45) is -4.38. The lowest BCUT2D eigenvalue weighted by Crippen LogP contribution is -2.08. The zero-order valence-electron chi connectivity index (χ0n) is 11.3. The highest BCUT2D eigenvalue weighted by molar-refractivity contribution is 5.63. The standard InChI is InChI=1S/C15H15F3N2/c1-3-19-14-9-12(15(16,17)18)8-13(20-14)11-6-4-10(2)5-7-11/h4-9H,3H2,1-2H3,(H,19,20). The molecule has 2 nitrogen and oxygen atoms in total. The predicted molar refractivity (Wildman–Crippen MR) is 73.6 cm³/mol. The molecule has 0 radical (unpaired) electrons. The Kier molecular flexibility index (Phi) is 3.97. The zero-order valence-corrected chi connectivity index (χ0v) is 11.3. The van der Waals surface area contributed by atoms with Gasteiger partial charge in [0, 0.05) is 12.1 Å². The van der Waals surface area contributed by atoms with Crippen LogP contribution in [-0.4, -0.2) is 11.5 Å². The summed E-state index contributed by atoms with van der Waals surface area (Å²) in [6.45, 7) is 4.25. The second-order valence-electron chi connectivity index (χ2n) is 4.52. The van der Waals surface area contributed by atoms with Crippen molar-refractivity contribution < 1.29 is 13.2 Å². The van der Waals surface area contributed by atoms with Crippen molar-refractivity contribution in [3.05, 3.63) is 47.5 Å². The van der Waals surface area contributed by atoms with Crippen LogP contribution in [0.3, 0.4) is 0 Å².